The lowest BCUT2D eigenvalue weighted by molar-refractivity contribution is -0.117. The van der Waals surface area contributed by atoms with Gasteiger partial charge >= 0.3 is 6.03 Å². The van der Waals surface area contributed by atoms with Gasteiger partial charge in [-0.05, 0) is 56.7 Å². The van der Waals surface area contributed by atoms with Crippen molar-refractivity contribution in [3.8, 4) is 5.69 Å². The van der Waals surface area contributed by atoms with Gasteiger partial charge in [-0.3, -0.25) is 19.5 Å². The Hall–Kier alpha value is -2.72. The third-order valence-corrected chi connectivity index (χ3v) is 7.48. The monoisotopic (exact) mass is 488 g/mol. The van der Waals surface area contributed by atoms with E-state index in [0.29, 0.717) is 16.1 Å². The maximum atomic E-state index is 14.7. The molecule has 0 saturated heterocycles. The van der Waals surface area contributed by atoms with Crippen LogP contribution in [0.1, 0.15) is 37.6 Å². The summed E-state index contributed by atoms with van der Waals surface area (Å²) in [6.45, 7) is 5.76. The van der Waals surface area contributed by atoms with E-state index in [2.05, 4.69) is 22.5 Å². The van der Waals surface area contributed by atoms with Gasteiger partial charge in [-0.25, -0.2) is 14.2 Å². The first-order chi connectivity index (χ1) is 15.7. The van der Waals surface area contributed by atoms with Crippen molar-refractivity contribution in [1.29, 1.82) is 0 Å². The number of hydrogen-bond donors (Lipinski definition) is 2. The second kappa shape index (κ2) is 9.64. The number of halogens is 1. The molecule has 0 saturated carbocycles. The summed E-state index contributed by atoms with van der Waals surface area (Å²) in [4.78, 5) is 44.2. The molecule has 0 fully saturated rings. The van der Waals surface area contributed by atoms with E-state index < -0.39 is 17.8 Å². The van der Waals surface area contributed by atoms with E-state index in [1.54, 1.807) is 26.0 Å². The molecule has 2 aromatic heterocycles. The Morgan fingerprint density at radius 2 is 2.09 bits per heavy atom. The molecule has 7 nitrogen and oxygen atoms in total. The summed E-state index contributed by atoms with van der Waals surface area (Å²) >= 11 is 2.49. The fourth-order valence-electron chi connectivity index (χ4n) is 3.90. The Bertz CT molecular complexity index is 1280. The minimum Gasteiger partial charge on any atom is -0.336 e. The maximum absolute atomic E-state index is 14.7. The fraction of sp³-hybridized carbons (Fsp3) is 0.391. The highest BCUT2D eigenvalue weighted by Crippen LogP contribution is 2.37. The van der Waals surface area contributed by atoms with Gasteiger partial charge in [-0.1, -0.05) is 30.8 Å². The zero-order chi connectivity index (χ0) is 23.7. The van der Waals surface area contributed by atoms with Crippen LogP contribution in [-0.2, 0) is 17.6 Å². The van der Waals surface area contributed by atoms with Crippen LogP contribution in [0.2, 0.25) is 0 Å². The Kier molecular flexibility index (Phi) is 6.85. The molecule has 0 spiro atoms. The van der Waals surface area contributed by atoms with Gasteiger partial charge < -0.3 is 5.32 Å². The van der Waals surface area contributed by atoms with E-state index >= 15 is 0 Å². The molecule has 4 rings (SSSR count). The normalized spacial score (nSPS) is 15.5. The Morgan fingerprint density at radius 1 is 1.33 bits per heavy atom. The number of rotatable bonds is 5. The minimum absolute atomic E-state index is 0.0847. The number of aromatic nitrogens is 2. The van der Waals surface area contributed by atoms with Gasteiger partial charge in [0.05, 0.1) is 16.8 Å². The first kappa shape index (κ1) is 23.4. The van der Waals surface area contributed by atoms with E-state index in [-0.39, 0.29) is 28.2 Å². The molecule has 3 amide bonds. The quantitative estimate of drug-likeness (QED) is 0.418. The molecule has 3 aromatic rings. The van der Waals surface area contributed by atoms with Crippen LogP contribution in [0.25, 0.3) is 15.9 Å². The number of aryl methyl sites for hydroxylation is 1. The van der Waals surface area contributed by atoms with Crippen LogP contribution in [0, 0.1) is 11.7 Å². The number of carbonyl (C=O) groups is 2. The highest BCUT2D eigenvalue weighted by molar-refractivity contribution is 7.99. The minimum atomic E-state index is -0.592. The lowest BCUT2D eigenvalue weighted by atomic mass is 9.89. The first-order valence-electron chi connectivity index (χ1n) is 10.8. The number of nitrogens with one attached hydrogen (secondary N) is 2. The number of para-hydroxylation sites is 1. The molecule has 2 N–H and O–H groups in total. The summed E-state index contributed by atoms with van der Waals surface area (Å²) in [6, 6.07) is 5.30. The number of urea groups is 1. The van der Waals surface area contributed by atoms with Crippen molar-refractivity contribution in [3.05, 3.63) is 50.9 Å². The lowest BCUT2D eigenvalue weighted by Crippen LogP contribution is -2.43. The molecule has 1 aromatic carbocycles. The zero-order valence-corrected chi connectivity index (χ0v) is 20.2. The fourth-order valence-corrected chi connectivity index (χ4v) is 6.13. The Morgan fingerprint density at radius 3 is 2.82 bits per heavy atom. The van der Waals surface area contributed by atoms with Crippen molar-refractivity contribution >= 4 is 45.3 Å². The van der Waals surface area contributed by atoms with Crippen molar-refractivity contribution in [2.24, 2.45) is 5.92 Å². The molecule has 174 valence electrons. The Balaban J connectivity index is 1.74. The second-order valence-corrected chi connectivity index (χ2v) is 10.5. The number of thiophene rings is 1. The molecule has 1 atom stereocenters. The summed E-state index contributed by atoms with van der Waals surface area (Å²) in [5, 5.41) is 5.58. The van der Waals surface area contributed by atoms with Gasteiger partial charge in [-0.2, -0.15) is 0 Å². The number of carbonyl (C=O) groups excluding carboxylic acids is 2. The average Bonchev–Trinajstić information content (AvgIpc) is 3.10. The van der Waals surface area contributed by atoms with E-state index in [0.717, 1.165) is 41.5 Å². The van der Waals surface area contributed by atoms with Crippen LogP contribution in [0.15, 0.2) is 34.2 Å². The third-order valence-electron chi connectivity index (χ3n) is 5.40. The average molecular weight is 489 g/mol. The third kappa shape index (κ3) is 4.96. The molecular weight excluding hydrogens is 463 g/mol. The van der Waals surface area contributed by atoms with E-state index in [1.807, 2.05) is 0 Å². The van der Waals surface area contributed by atoms with Gasteiger partial charge in [0, 0.05) is 10.9 Å². The summed E-state index contributed by atoms with van der Waals surface area (Å²) in [5.74, 6) is -0.707. The van der Waals surface area contributed by atoms with Crippen LogP contribution < -0.4 is 16.2 Å². The number of benzene rings is 1. The molecule has 1 unspecified atom stereocenters. The number of amides is 3. The van der Waals surface area contributed by atoms with Gasteiger partial charge in [0.2, 0.25) is 5.91 Å². The molecule has 0 radical (unpaired) electrons. The SMILES string of the molecule is CC1CCc2c(sc3nc(SCC(=O)NC(=O)NC(C)C)n(-c4ccccc4F)c(=O)c23)C1. The second-order valence-electron chi connectivity index (χ2n) is 8.48. The standard InChI is InChI=1S/C23H25FN4O3S2/c1-12(2)25-22(31)26-18(29)11-32-23-27-20-19(14-9-8-13(3)10-17(14)33-20)21(30)28(23)16-7-5-4-6-15(16)24/h4-7,12-13H,8-11H2,1-3H3,(H2,25,26,29,31). The van der Waals surface area contributed by atoms with Gasteiger partial charge in [0.1, 0.15) is 10.6 Å². The van der Waals surface area contributed by atoms with Crippen LogP contribution >= 0.6 is 23.1 Å². The zero-order valence-electron chi connectivity index (χ0n) is 18.6. The highest BCUT2D eigenvalue weighted by Gasteiger charge is 2.26. The van der Waals surface area contributed by atoms with E-state index in [4.69, 9.17) is 0 Å². The first-order valence-corrected chi connectivity index (χ1v) is 12.6. The smallest absolute Gasteiger partial charge is 0.321 e. The number of nitrogens with zero attached hydrogens (tertiary/aromatic N) is 2. The Labute approximate surface area is 198 Å². The van der Waals surface area contributed by atoms with Crippen LogP contribution in [-0.4, -0.2) is 33.3 Å². The van der Waals surface area contributed by atoms with Crippen molar-refractivity contribution in [2.75, 3.05) is 5.75 Å². The topological polar surface area (TPSA) is 93.1 Å². The predicted molar refractivity (Wildman–Crippen MR) is 129 cm³/mol. The molecule has 0 aliphatic heterocycles. The largest absolute Gasteiger partial charge is 0.336 e. The molecule has 2 heterocycles. The molecular formula is C23H25FN4O3S2. The van der Waals surface area contributed by atoms with E-state index in [1.165, 1.54) is 28.0 Å². The van der Waals surface area contributed by atoms with Gasteiger partial charge in [0.15, 0.2) is 5.16 Å². The van der Waals surface area contributed by atoms with Crippen LogP contribution in [0.4, 0.5) is 9.18 Å². The number of hydrogen-bond acceptors (Lipinski definition) is 6. The van der Waals surface area contributed by atoms with E-state index in [9.17, 15) is 18.8 Å². The number of imide groups is 1. The van der Waals surface area contributed by atoms with Crippen molar-refractivity contribution in [3.63, 3.8) is 0 Å². The summed E-state index contributed by atoms with van der Waals surface area (Å²) in [5.41, 5.74) is 0.759. The van der Waals surface area contributed by atoms with Crippen LogP contribution in [0.5, 0.6) is 0 Å². The van der Waals surface area contributed by atoms with Gasteiger partial charge in [0.25, 0.3) is 5.56 Å². The molecule has 1 aliphatic carbocycles. The highest BCUT2D eigenvalue weighted by atomic mass is 32.2. The van der Waals surface area contributed by atoms with Crippen molar-refractivity contribution in [2.45, 2.75) is 51.2 Å². The molecule has 1 aliphatic rings. The predicted octanol–water partition coefficient (Wildman–Crippen LogP) is 4.04. The summed E-state index contributed by atoms with van der Waals surface area (Å²) < 4.78 is 16.0. The molecule has 10 heteroatoms. The van der Waals surface area contributed by atoms with Crippen molar-refractivity contribution in [1.82, 2.24) is 20.2 Å². The maximum Gasteiger partial charge on any atom is 0.321 e. The number of thioether (sulfide) groups is 1. The lowest BCUT2D eigenvalue weighted by Gasteiger charge is -2.18. The molecule has 0 bridgehead atoms. The van der Waals surface area contributed by atoms with Crippen LogP contribution in [0.3, 0.4) is 0 Å². The summed E-state index contributed by atoms with van der Waals surface area (Å²) in [7, 11) is 0. The van der Waals surface area contributed by atoms with Gasteiger partial charge in [-0.15, -0.1) is 11.3 Å². The summed E-state index contributed by atoms with van der Waals surface area (Å²) in [6.07, 6.45) is 2.68. The molecule has 33 heavy (non-hydrogen) atoms. The number of fused-ring (bicyclic) bond motifs is 3. The van der Waals surface area contributed by atoms with Crippen molar-refractivity contribution < 1.29 is 14.0 Å².